The van der Waals surface area contributed by atoms with Gasteiger partial charge in [0, 0.05) is 11.6 Å². The smallest absolute Gasteiger partial charge is 0.332 e. The third-order valence-corrected chi connectivity index (χ3v) is 3.39. The lowest BCUT2D eigenvalue weighted by molar-refractivity contribution is 0.249. The number of phenolic OH excluding ortho intramolecular Hbond substituents is 1. The first-order valence-corrected chi connectivity index (χ1v) is 7.07. The van der Waals surface area contributed by atoms with E-state index in [-0.39, 0.29) is 16.5 Å². The third-order valence-electron chi connectivity index (χ3n) is 2.49. The lowest BCUT2D eigenvalue weighted by Crippen LogP contribution is -2.34. The molecule has 0 radical (unpaired) electrons. The zero-order valence-corrected chi connectivity index (χ0v) is 12.9. The van der Waals surface area contributed by atoms with Gasteiger partial charge in [-0.1, -0.05) is 55.8 Å². The van der Waals surface area contributed by atoms with Gasteiger partial charge in [-0.3, -0.25) is 0 Å². The summed E-state index contributed by atoms with van der Waals surface area (Å²) in [6, 6.07) is 2.37. The van der Waals surface area contributed by atoms with Crippen molar-refractivity contribution >= 4 is 47.7 Å². The second-order valence-electron chi connectivity index (χ2n) is 4.01. The van der Waals surface area contributed by atoms with E-state index in [1.807, 2.05) is 0 Å². The summed E-state index contributed by atoms with van der Waals surface area (Å²) in [5.74, 6) is -0.232. The molecule has 1 aromatic rings. The lowest BCUT2D eigenvalue weighted by Gasteiger charge is -2.18. The Labute approximate surface area is 128 Å². The molecule has 0 fully saturated rings. The largest absolute Gasteiger partial charge is 0.504 e. The minimum atomic E-state index is -0.437. The Bertz CT molecular complexity index is 458. The molecule has 0 aliphatic rings. The van der Waals surface area contributed by atoms with Crippen molar-refractivity contribution in [3.05, 3.63) is 22.2 Å². The predicted octanol–water partition coefficient (Wildman–Crippen LogP) is 4.25. The van der Waals surface area contributed by atoms with Crippen molar-refractivity contribution in [2.24, 2.45) is 0 Å². The van der Waals surface area contributed by atoms with Crippen molar-refractivity contribution in [2.45, 2.75) is 26.2 Å². The summed E-state index contributed by atoms with van der Waals surface area (Å²) in [5.41, 5.74) is 0.147. The Kier molecular flexibility index (Phi) is 6.62. The molecule has 0 atom stereocenters. The Hall–Kier alpha value is -0.780. The number of anilines is 1. The molecule has 0 bridgehead atoms. The molecule has 0 saturated carbocycles. The van der Waals surface area contributed by atoms with Crippen LogP contribution in [0.2, 0.25) is 10.0 Å². The van der Waals surface area contributed by atoms with E-state index in [4.69, 9.17) is 23.2 Å². The maximum Gasteiger partial charge on any atom is 0.332 e. The second-order valence-corrected chi connectivity index (χ2v) is 5.25. The highest BCUT2D eigenvalue weighted by molar-refractivity contribution is 7.82. The van der Waals surface area contributed by atoms with Crippen LogP contribution in [0.1, 0.15) is 26.2 Å². The van der Waals surface area contributed by atoms with Crippen LogP contribution < -0.4 is 9.62 Å². The number of phenols is 1. The van der Waals surface area contributed by atoms with Gasteiger partial charge >= 0.3 is 6.03 Å². The minimum Gasteiger partial charge on any atom is -0.504 e. The number of rotatable bonds is 5. The van der Waals surface area contributed by atoms with Gasteiger partial charge in [-0.15, -0.1) is 0 Å². The minimum absolute atomic E-state index is 0.0698. The molecule has 0 saturated heterocycles. The number of nitrogens with zero attached hydrogens (tertiary/aromatic N) is 1. The van der Waals surface area contributed by atoms with Crippen molar-refractivity contribution in [1.29, 1.82) is 0 Å². The Morgan fingerprint density at radius 3 is 2.74 bits per heavy atom. The van der Waals surface area contributed by atoms with E-state index < -0.39 is 6.03 Å². The molecule has 0 aromatic heterocycles. The number of nitrogens with one attached hydrogen (secondary N) is 1. The van der Waals surface area contributed by atoms with Gasteiger partial charge in [0.05, 0.1) is 5.02 Å². The van der Waals surface area contributed by atoms with Crippen molar-refractivity contribution < 1.29 is 9.90 Å². The van der Waals surface area contributed by atoms with Crippen LogP contribution in [-0.2, 0) is 0 Å². The number of aromatic hydroxyl groups is 1. The molecule has 2 amide bonds. The van der Waals surface area contributed by atoms with E-state index in [1.165, 1.54) is 12.1 Å². The van der Waals surface area contributed by atoms with Gasteiger partial charge < -0.3 is 10.4 Å². The first kappa shape index (κ1) is 16.3. The number of carbonyl (C=O) groups is 1. The highest BCUT2D eigenvalue weighted by atomic mass is 35.5. The highest BCUT2D eigenvalue weighted by Gasteiger charge is 2.18. The van der Waals surface area contributed by atoms with Crippen LogP contribution in [-0.4, -0.2) is 17.7 Å². The first-order chi connectivity index (χ1) is 8.97. The average molecular weight is 323 g/mol. The molecule has 0 heterocycles. The van der Waals surface area contributed by atoms with E-state index in [1.54, 1.807) is 0 Å². The van der Waals surface area contributed by atoms with Crippen LogP contribution in [0.3, 0.4) is 0 Å². The molecule has 1 rings (SSSR count). The first-order valence-electron chi connectivity index (χ1n) is 5.92. The molecule has 7 heteroatoms. The lowest BCUT2D eigenvalue weighted by atomic mass is 10.2. The van der Waals surface area contributed by atoms with Crippen molar-refractivity contribution in [3.63, 3.8) is 0 Å². The van der Waals surface area contributed by atoms with E-state index >= 15 is 0 Å². The molecule has 0 aliphatic carbocycles. The number of hydrogen-bond donors (Lipinski definition) is 3. The highest BCUT2D eigenvalue weighted by Crippen LogP contribution is 2.38. The summed E-state index contributed by atoms with van der Waals surface area (Å²) < 4.78 is 0.985. The van der Waals surface area contributed by atoms with E-state index in [2.05, 4.69) is 25.1 Å². The SMILES string of the molecule is CCCCCNC(=O)N(S)c1cc(Cl)cc(Cl)c1O. The Morgan fingerprint density at radius 1 is 1.42 bits per heavy atom. The summed E-state index contributed by atoms with van der Waals surface area (Å²) in [7, 11) is 0. The van der Waals surface area contributed by atoms with E-state index in [9.17, 15) is 9.90 Å². The van der Waals surface area contributed by atoms with Crippen LogP contribution in [0.25, 0.3) is 0 Å². The molecule has 0 aliphatic heterocycles. The molecule has 19 heavy (non-hydrogen) atoms. The summed E-state index contributed by atoms with van der Waals surface area (Å²) in [6.07, 6.45) is 3.01. The summed E-state index contributed by atoms with van der Waals surface area (Å²) in [5, 5.41) is 12.9. The maximum atomic E-state index is 11.8. The molecule has 4 nitrogen and oxygen atoms in total. The normalized spacial score (nSPS) is 10.3. The molecule has 2 N–H and O–H groups in total. The number of amides is 2. The summed E-state index contributed by atoms with van der Waals surface area (Å²) in [6.45, 7) is 2.64. The van der Waals surface area contributed by atoms with Crippen molar-refractivity contribution in [3.8, 4) is 5.75 Å². The molecule has 0 unspecified atom stereocenters. The maximum absolute atomic E-state index is 11.8. The molecular weight excluding hydrogens is 307 g/mol. The van der Waals surface area contributed by atoms with Gasteiger partial charge in [0.25, 0.3) is 0 Å². The number of carbonyl (C=O) groups excluding carboxylic acids is 1. The average Bonchev–Trinajstić information content (AvgIpc) is 2.37. The van der Waals surface area contributed by atoms with Gasteiger partial charge in [0.2, 0.25) is 0 Å². The van der Waals surface area contributed by atoms with E-state index in [0.29, 0.717) is 11.6 Å². The van der Waals surface area contributed by atoms with Crippen LogP contribution in [0.4, 0.5) is 10.5 Å². The van der Waals surface area contributed by atoms with Gasteiger partial charge in [0.15, 0.2) is 5.75 Å². The number of benzene rings is 1. The van der Waals surface area contributed by atoms with Gasteiger partial charge in [-0.25, -0.2) is 9.10 Å². The third kappa shape index (κ3) is 4.67. The summed E-state index contributed by atoms with van der Waals surface area (Å²) in [4.78, 5) is 11.8. The van der Waals surface area contributed by atoms with E-state index in [0.717, 1.165) is 23.6 Å². The zero-order valence-electron chi connectivity index (χ0n) is 10.5. The fourth-order valence-electron chi connectivity index (χ4n) is 1.47. The van der Waals surface area contributed by atoms with Crippen LogP contribution >= 0.6 is 36.0 Å². The molecule has 106 valence electrons. The standard InChI is InChI=1S/C12H16Cl2N2O2S/c1-2-3-4-5-15-12(18)16(19)10-7-8(13)6-9(14)11(10)17/h6-7,17,19H,2-5H2,1H3,(H,15,18). The quantitative estimate of drug-likeness (QED) is 0.560. The number of urea groups is 1. The zero-order chi connectivity index (χ0) is 14.4. The molecule has 1 aromatic carbocycles. The molecule has 0 spiro atoms. The van der Waals surface area contributed by atoms with Crippen molar-refractivity contribution in [1.82, 2.24) is 5.32 Å². The number of hydrogen-bond acceptors (Lipinski definition) is 3. The number of halogens is 2. The van der Waals surface area contributed by atoms with Crippen molar-refractivity contribution in [2.75, 3.05) is 10.8 Å². The van der Waals surface area contributed by atoms with Crippen LogP contribution in [0, 0.1) is 0 Å². The van der Waals surface area contributed by atoms with Gasteiger partial charge in [-0.05, 0) is 18.6 Å². The second kappa shape index (κ2) is 7.72. The number of unbranched alkanes of at least 4 members (excludes halogenated alkanes) is 2. The van der Waals surface area contributed by atoms with Crippen LogP contribution in [0.5, 0.6) is 5.75 Å². The predicted molar refractivity (Wildman–Crippen MR) is 82.5 cm³/mol. The monoisotopic (exact) mass is 322 g/mol. The van der Waals surface area contributed by atoms with Crippen LogP contribution in [0.15, 0.2) is 12.1 Å². The topological polar surface area (TPSA) is 52.6 Å². The fourth-order valence-corrected chi connectivity index (χ4v) is 2.17. The Morgan fingerprint density at radius 2 is 2.11 bits per heavy atom. The fraction of sp³-hybridized carbons (Fsp3) is 0.417. The summed E-state index contributed by atoms with van der Waals surface area (Å²) >= 11 is 15.7. The Balaban J connectivity index is 2.71. The molecular formula is C12H16Cl2N2O2S. The number of thiol groups is 1. The van der Waals surface area contributed by atoms with Gasteiger partial charge in [0.1, 0.15) is 5.69 Å². The van der Waals surface area contributed by atoms with Gasteiger partial charge in [-0.2, -0.15) is 0 Å².